The van der Waals surface area contributed by atoms with Gasteiger partial charge in [-0.15, -0.1) is 0 Å². The summed E-state index contributed by atoms with van der Waals surface area (Å²) in [6.07, 6.45) is 1.16. The molecule has 0 spiro atoms. The van der Waals surface area contributed by atoms with Crippen molar-refractivity contribution in [3.05, 3.63) is 34.9 Å². The van der Waals surface area contributed by atoms with Gasteiger partial charge in [-0.2, -0.15) is 0 Å². The minimum absolute atomic E-state index is 0.0814. The second-order valence-corrected chi connectivity index (χ2v) is 3.10. The summed E-state index contributed by atoms with van der Waals surface area (Å²) in [4.78, 5) is 32.4. The van der Waals surface area contributed by atoms with Crippen molar-refractivity contribution < 1.29 is 19.1 Å². The lowest BCUT2D eigenvalue weighted by Crippen LogP contribution is -1.98. The van der Waals surface area contributed by atoms with Crippen LogP contribution >= 0.6 is 0 Å². The maximum absolute atomic E-state index is 10.8. The number of carbonyl (C=O) groups excluding carboxylic acids is 3. The van der Waals surface area contributed by atoms with Gasteiger partial charge >= 0.3 is 5.97 Å². The van der Waals surface area contributed by atoms with Gasteiger partial charge in [0.2, 0.25) is 0 Å². The van der Waals surface area contributed by atoms with Crippen LogP contribution in [0.25, 0.3) is 0 Å². The van der Waals surface area contributed by atoms with Crippen LogP contribution in [0, 0.1) is 11.8 Å². The maximum Gasteiger partial charge on any atom is 0.317 e. The molecule has 0 saturated carbocycles. The molecule has 0 aromatic heterocycles. The van der Waals surface area contributed by atoms with Gasteiger partial charge in [0.05, 0.1) is 7.11 Å². The van der Waals surface area contributed by atoms with E-state index in [-0.39, 0.29) is 6.42 Å². The van der Waals surface area contributed by atoms with E-state index in [1.54, 1.807) is 18.2 Å². The highest BCUT2D eigenvalue weighted by Gasteiger charge is 2.04. The van der Waals surface area contributed by atoms with Crippen LogP contribution in [-0.4, -0.2) is 25.7 Å². The smallest absolute Gasteiger partial charge is 0.317 e. The van der Waals surface area contributed by atoms with Crippen molar-refractivity contribution in [3.8, 4) is 11.8 Å². The lowest BCUT2D eigenvalue weighted by Gasteiger charge is -1.99. The van der Waals surface area contributed by atoms with Crippen LogP contribution in [0.3, 0.4) is 0 Å². The molecule has 0 saturated heterocycles. The zero-order valence-electron chi connectivity index (χ0n) is 9.23. The number of ether oxygens (including phenoxy) is 1. The first-order valence-electron chi connectivity index (χ1n) is 4.82. The van der Waals surface area contributed by atoms with Crippen LogP contribution in [0.4, 0.5) is 0 Å². The molecule has 0 amide bonds. The fourth-order valence-electron chi connectivity index (χ4n) is 1.21. The summed E-state index contributed by atoms with van der Waals surface area (Å²) in [5, 5.41) is 0. The Kier molecular flexibility index (Phi) is 4.64. The summed E-state index contributed by atoms with van der Waals surface area (Å²) in [7, 11) is 1.26. The van der Waals surface area contributed by atoms with Gasteiger partial charge in [0, 0.05) is 16.7 Å². The Labute approximate surface area is 98.6 Å². The lowest BCUT2D eigenvalue weighted by atomic mass is 10.0. The van der Waals surface area contributed by atoms with E-state index in [0.29, 0.717) is 29.3 Å². The molecule has 1 aromatic carbocycles. The molecule has 0 heterocycles. The molecule has 0 unspecified atom stereocenters. The Hall–Kier alpha value is -2.41. The van der Waals surface area contributed by atoms with Crippen LogP contribution in [0.1, 0.15) is 32.7 Å². The van der Waals surface area contributed by atoms with Gasteiger partial charge in [0.1, 0.15) is 6.42 Å². The Morgan fingerprint density at radius 2 is 1.88 bits per heavy atom. The predicted molar refractivity (Wildman–Crippen MR) is 60.7 cm³/mol. The monoisotopic (exact) mass is 230 g/mol. The largest absolute Gasteiger partial charge is 0.468 e. The van der Waals surface area contributed by atoms with Gasteiger partial charge in [0.25, 0.3) is 0 Å². The van der Waals surface area contributed by atoms with E-state index < -0.39 is 5.97 Å². The van der Waals surface area contributed by atoms with Crippen molar-refractivity contribution in [1.29, 1.82) is 0 Å². The van der Waals surface area contributed by atoms with Crippen molar-refractivity contribution in [2.45, 2.75) is 6.42 Å². The number of aldehydes is 2. The van der Waals surface area contributed by atoms with Crippen molar-refractivity contribution in [3.63, 3.8) is 0 Å². The third kappa shape index (κ3) is 3.28. The number of esters is 1. The van der Waals surface area contributed by atoms with Crippen LogP contribution in [-0.2, 0) is 9.53 Å². The average Bonchev–Trinajstić information content (AvgIpc) is 2.38. The van der Waals surface area contributed by atoms with E-state index >= 15 is 0 Å². The van der Waals surface area contributed by atoms with Crippen molar-refractivity contribution in [2.24, 2.45) is 0 Å². The summed E-state index contributed by atoms with van der Waals surface area (Å²) in [5.41, 5.74) is 0.986. The number of methoxy groups -OCH3 is 1. The predicted octanol–water partition coefficient (Wildman–Crippen LogP) is 1.23. The lowest BCUT2D eigenvalue weighted by molar-refractivity contribution is -0.139. The molecule has 0 fully saturated rings. The molecular formula is C13H10O4. The number of rotatable bonds is 3. The second kappa shape index (κ2) is 6.23. The minimum atomic E-state index is -0.464. The fraction of sp³-hybridized carbons (Fsp3) is 0.154. The van der Waals surface area contributed by atoms with Gasteiger partial charge < -0.3 is 4.74 Å². The average molecular weight is 230 g/mol. The molecule has 17 heavy (non-hydrogen) atoms. The van der Waals surface area contributed by atoms with E-state index in [9.17, 15) is 14.4 Å². The SMILES string of the molecule is COC(=O)CC#Cc1c(C=O)cccc1C=O. The summed E-state index contributed by atoms with van der Waals surface area (Å²) in [6.45, 7) is 0. The number of carbonyl (C=O) groups is 3. The molecule has 4 heteroatoms. The fourth-order valence-corrected chi connectivity index (χ4v) is 1.21. The Morgan fingerprint density at radius 3 is 2.35 bits per heavy atom. The molecule has 0 aliphatic heterocycles. The topological polar surface area (TPSA) is 60.4 Å². The summed E-state index contributed by atoms with van der Waals surface area (Å²) >= 11 is 0. The first-order valence-corrected chi connectivity index (χ1v) is 4.82. The Balaban J connectivity index is 3.07. The van der Waals surface area contributed by atoms with E-state index in [1.165, 1.54) is 7.11 Å². The third-order valence-electron chi connectivity index (χ3n) is 2.06. The Bertz CT molecular complexity index is 480. The molecule has 0 atom stereocenters. The maximum atomic E-state index is 10.8. The summed E-state index contributed by atoms with van der Waals surface area (Å²) in [6, 6.07) is 4.71. The zero-order valence-corrected chi connectivity index (χ0v) is 9.23. The zero-order chi connectivity index (χ0) is 12.7. The van der Waals surface area contributed by atoms with Crippen LogP contribution in [0.5, 0.6) is 0 Å². The molecule has 1 rings (SSSR count). The summed E-state index contributed by atoms with van der Waals surface area (Å²) < 4.78 is 4.42. The van der Waals surface area contributed by atoms with Gasteiger partial charge in [0.15, 0.2) is 12.6 Å². The van der Waals surface area contributed by atoms with Gasteiger partial charge in [-0.1, -0.05) is 30.0 Å². The molecule has 0 bridgehead atoms. The first-order chi connectivity index (χ1) is 8.22. The first kappa shape index (κ1) is 12.7. The van der Waals surface area contributed by atoms with Crippen LogP contribution in [0.2, 0.25) is 0 Å². The van der Waals surface area contributed by atoms with E-state index in [4.69, 9.17) is 0 Å². The van der Waals surface area contributed by atoms with Crippen molar-refractivity contribution >= 4 is 18.5 Å². The summed E-state index contributed by atoms with van der Waals surface area (Å²) in [5.74, 6) is 4.73. The van der Waals surface area contributed by atoms with Crippen LogP contribution in [0.15, 0.2) is 18.2 Å². The van der Waals surface area contributed by atoms with Gasteiger partial charge in [-0.3, -0.25) is 14.4 Å². The van der Waals surface area contributed by atoms with Crippen LogP contribution < -0.4 is 0 Å². The van der Waals surface area contributed by atoms with Crippen molar-refractivity contribution in [1.82, 2.24) is 0 Å². The standard InChI is InChI=1S/C13H10O4/c1-17-13(16)7-3-6-12-10(8-14)4-2-5-11(12)9-15/h2,4-5,8-9H,7H2,1H3. The highest BCUT2D eigenvalue weighted by Crippen LogP contribution is 2.10. The molecule has 1 aromatic rings. The second-order valence-electron chi connectivity index (χ2n) is 3.10. The number of hydrogen-bond donors (Lipinski definition) is 0. The highest BCUT2D eigenvalue weighted by atomic mass is 16.5. The molecular weight excluding hydrogens is 220 g/mol. The third-order valence-corrected chi connectivity index (χ3v) is 2.06. The number of benzene rings is 1. The quantitative estimate of drug-likeness (QED) is 0.445. The molecule has 0 radical (unpaired) electrons. The minimum Gasteiger partial charge on any atom is -0.468 e. The highest BCUT2D eigenvalue weighted by molar-refractivity contribution is 5.88. The molecule has 0 aliphatic rings. The normalized spacial score (nSPS) is 8.76. The van der Waals surface area contributed by atoms with Gasteiger partial charge in [-0.25, -0.2) is 0 Å². The van der Waals surface area contributed by atoms with Gasteiger partial charge in [-0.05, 0) is 0 Å². The Morgan fingerprint density at radius 1 is 1.29 bits per heavy atom. The van der Waals surface area contributed by atoms with E-state index in [2.05, 4.69) is 16.6 Å². The molecule has 0 N–H and O–H groups in total. The molecule has 86 valence electrons. The van der Waals surface area contributed by atoms with E-state index in [1.807, 2.05) is 0 Å². The van der Waals surface area contributed by atoms with E-state index in [0.717, 1.165) is 0 Å². The van der Waals surface area contributed by atoms with Crippen molar-refractivity contribution in [2.75, 3.05) is 7.11 Å². The molecule has 0 aliphatic carbocycles. The molecule has 4 nitrogen and oxygen atoms in total. The number of hydrogen-bond acceptors (Lipinski definition) is 4.